The van der Waals surface area contributed by atoms with Gasteiger partial charge in [0.15, 0.2) is 6.29 Å². The van der Waals surface area contributed by atoms with E-state index in [1.54, 1.807) is 6.07 Å². The van der Waals surface area contributed by atoms with E-state index in [4.69, 9.17) is 4.74 Å². The molecule has 0 saturated carbocycles. The molecule has 0 aliphatic carbocycles. The van der Waals surface area contributed by atoms with E-state index in [0.717, 1.165) is 0 Å². The average Bonchev–Trinajstić information content (AvgIpc) is 2.17. The Labute approximate surface area is 69.2 Å². The molecule has 0 N–H and O–H groups in total. The molecule has 4 nitrogen and oxygen atoms in total. The van der Waals surface area contributed by atoms with Crippen LogP contribution in [0.25, 0.3) is 0 Å². The van der Waals surface area contributed by atoms with Crippen LogP contribution < -0.4 is 4.74 Å². The normalized spacial score (nSPS) is 9.08. The first-order valence-corrected chi connectivity index (χ1v) is 3.27. The molecule has 4 heteroatoms. The van der Waals surface area contributed by atoms with Crippen LogP contribution in [0, 0.1) is 0 Å². The quantitative estimate of drug-likeness (QED) is 0.371. The van der Waals surface area contributed by atoms with Crippen LogP contribution in [0.2, 0.25) is 0 Å². The maximum atomic E-state index is 10.8. The van der Waals surface area contributed by atoms with Gasteiger partial charge in [0.05, 0.1) is 7.11 Å². The van der Waals surface area contributed by atoms with Gasteiger partial charge >= 0.3 is 0 Å². The molecule has 0 amide bonds. The number of aromatic nitrogens is 1. The lowest BCUT2D eigenvalue weighted by Gasteiger charge is -1.98. The van der Waals surface area contributed by atoms with Crippen molar-refractivity contribution >= 4 is 12.1 Å². The Hall–Kier alpha value is -1.71. The highest BCUT2D eigenvalue weighted by molar-refractivity contribution is 6.32. The van der Waals surface area contributed by atoms with Crippen molar-refractivity contribution in [2.24, 2.45) is 0 Å². The lowest BCUT2D eigenvalue weighted by atomic mass is 10.2. The third-order valence-electron chi connectivity index (χ3n) is 1.33. The van der Waals surface area contributed by atoms with E-state index in [1.807, 2.05) is 0 Å². The molecule has 0 bridgehead atoms. The van der Waals surface area contributed by atoms with Gasteiger partial charge in [-0.2, -0.15) is 0 Å². The second-order valence-electron chi connectivity index (χ2n) is 2.06. The molecule has 0 atom stereocenters. The Morgan fingerprint density at radius 2 is 2.42 bits per heavy atom. The molecule has 0 radical (unpaired) electrons. The van der Waals surface area contributed by atoms with Crippen LogP contribution in [0.4, 0.5) is 0 Å². The van der Waals surface area contributed by atoms with Crippen molar-refractivity contribution in [2.75, 3.05) is 7.11 Å². The van der Waals surface area contributed by atoms with E-state index in [-0.39, 0.29) is 12.0 Å². The zero-order valence-corrected chi connectivity index (χ0v) is 6.48. The minimum atomic E-state index is -0.645. The summed E-state index contributed by atoms with van der Waals surface area (Å²) in [5.74, 6) is -0.135. The molecular formula is C8H7NO3. The first-order chi connectivity index (χ1) is 5.77. The summed E-state index contributed by atoms with van der Waals surface area (Å²) in [5.41, 5.74) is 0.101. The van der Waals surface area contributed by atoms with E-state index in [9.17, 15) is 9.59 Å². The molecule has 0 aliphatic rings. The van der Waals surface area contributed by atoms with Crippen LogP contribution in [0.5, 0.6) is 5.75 Å². The van der Waals surface area contributed by atoms with Crippen molar-refractivity contribution in [3.63, 3.8) is 0 Å². The minimum absolute atomic E-state index is 0.101. The van der Waals surface area contributed by atoms with E-state index in [1.165, 1.54) is 19.4 Å². The van der Waals surface area contributed by atoms with Crippen LogP contribution in [0.15, 0.2) is 18.3 Å². The van der Waals surface area contributed by atoms with Crippen molar-refractivity contribution in [1.29, 1.82) is 0 Å². The van der Waals surface area contributed by atoms with Gasteiger partial charge in [0.25, 0.3) is 0 Å². The molecule has 1 aromatic rings. The maximum Gasteiger partial charge on any atom is 0.243 e. The topological polar surface area (TPSA) is 56.3 Å². The molecular weight excluding hydrogens is 158 g/mol. The number of rotatable bonds is 3. The summed E-state index contributed by atoms with van der Waals surface area (Å²) in [5, 5.41) is 0. The van der Waals surface area contributed by atoms with Crippen molar-refractivity contribution in [3.8, 4) is 5.75 Å². The Morgan fingerprint density at radius 1 is 1.67 bits per heavy atom. The van der Waals surface area contributed by atoms with Crippen molar-refractivity contribution in [2.45, 2.75) is 0 Å². The number of methoxy groups -OCH3 is 1. The van der Waals surface area contributed by atoms with E-state index < -0.39 is 5.78 Å². The third-order valence-corrected chi connectivity index (χ3v) is 1.33. The SMILES string of the molecule is COc1ccnc(C(=O)C=O)c1. The number of carbonyl (C=O) groups excluding carboxylic acids is 2. The minimum Gasteiger partial charge on any atom is -0.497 e. The molecule has 1 aromatic heterocycles. The highest BCUT2D eigenvalue weighted by Gasteiger charge is 2.05. The van der Waals surface area contributed by atoms with Gasteiger partial charge < -0.3 is 4.74 Å². The number of hydrogen-bond acceptors (Lipinski definition) is 4. The summed E-state index contributed by atoms with van der Waals surface area (Å²) in [6.07, 6.45) is 1.64. The molecule has 0 saturated heterocycles. The summed E-state index contributed by atoms with van der Waals surface area (Å²) < 4.78 is 4.84. The lowest BCUT2D eigenvalue weighted by Crippen LogP contribution is -2.02. The van der Waals surface area contributed by atoms with Gasteiger partial charge in [0.2, 0.25) is 5.78 Å². The van der Waals surface area contributed by atoms with E-state index >= 15 is 0 Å². The number of aldehydes is 1. The number of Topliss-reactive ketones (excluding diaryl/α,β-unsaturated/α-hetero) is 1. The molecule has 0 aromatic carbocycles. The second kappa shape index (κ2) is 3.61. The monoisotopic (exact) mass is 165 g/mol. The maximum absolute atomic E-state index is 10.8. The number of hydrogen-bond donors (Lipinski definition) is 0. The summed E-state index contributed by atoms with van der Waals surface area (Å²) >= 11 is 0. The summed E-state index contributed by atoms with van der Waals surface area (Å²) in [6.45, 7) is 0. The first-order valence-electron chi connectivity index (χ1n) is 3.27. The lowest BCUT2D eigenvalue weighted by molar-refractivity contribution is -0.104. The summed E-state index contributed by atoms with van der Waals surface area (Å²) in [4.78, 5) is 24.6. The summed E-state index contributed by atoms with van der Waals surface area (Å²) in [6, 6.07) is 3.01. The fourth-order valence-corrected chi connectivity index (χ4v) is 0.733. The predicted molar refractivity (Wildman–Crippen MR) is 41.2 cm³/mol. The van der Waals surface area contributed by atoms with Crippen molar-refractivity contribution < 1.29 is 14.3 Å². The fraction of sp³-hybridized carbons (Fsp3) is 0.125. The molecule has 12 heavy (non-hydrogen) atoms. The zero-order chi connectivity index (χ0) is 8.97. The van der Waals surface area contributed by atoms with Gasteiger partial charge in [-0.05, 0) is 6.07 Å². The van der Waals surface area contributed by atoms with E-state index in [0.29, 0.717) is 5.75 Å². The predicted octanol–water partition coefficient (Wildman–Crippen LogP) is 0.472. The second-order valence-corrected chi connectivity index (χ2v) is 2.06. The van der Waals surface area contributed by atoms with Gasteiger partial charge in [-0.1, -0.05) is 0 Å². The zero-order valence-electron chi connectivity index (χ0n) is 6.48. The van der Waals surface area contributed by atoms with Gasteiger partial charge in [-0.3, -0.25) is 14.6 Å². The molecule has 0 aliphatic heterocycles. The highest BCUT2D eigenvalue weighted by atomic mass is 16.5. The standard InChI is InChI=1S/C8H7NO3/c1-12-6-2-3-9-7(4-6)8(11)5-10/h2-5H,1H3. The summed E-state index contributed by atoms with van der Waals surface area (Å²) in [7, 11) is 1.48. The molecule has 1 rings (SSSR count). The van der Waals surface area contributed by atoms with Crippen LogP contribution in [0.1, 0.15) is 10.5 Å². The van der Waals surface area contributed by atoms with Crippen LogP contribution in [-0.2, 0) is 4.79 Å². The Balaban J connectivity index is 3.01. The molecule has 0 spiro atoms. The molecule has 0 fully saturated rings. The average molecular weight is 165 g/mol. The van der Waals surface area contributed by atoms with Crippen LogP contribution >= 0.6 is 0 Å². The largest absolute Gasteiger partial charge is 0.497 e. The van der Waals surface area contributed by atoms with Gasteiger partial charge in [0, 0.05) is 12.3 Å². The van der Waals surface area contributed by atoms with Gasteiger partial charge in [0.1, 0.15) is 11.4 Å². The smallest absolute Gasteiger partial charge is 0.243 e. The number of nitrogens with zero attached hydrogens (tertiary/aromatic N) is 1. The van der Waals surface area contributed by atoms with Crippen molar-refractivity contribution in [1.82, 2.24) is 4.98 Å². The van der Waals surface area contributed by atoms with E-state index in [2.05, 4.69) is 4.98 Å². The number of carbonyl (C=O) groups is 2. The molecule has 62 valence electrons. The van der Waals surface area contributed by atoms with Crippen LogP contribution in [-0.4, -0.2) is 24.2 Å². The Kier molecular flexibility index (Phi) is 2.53. The number of ketones is 1. The Bertz CT molecular complexity index is 309. The Morgan fingerprint density at radius 3 is 3.00 bits per heavy atom. The van der Waals surface area contributed by atoms with Crippen molar-refractivity contribution in [3.05, 3.63) is 24.0 Å². The van der Waals surface area contributed by atoms with Gasteiger partial charge in [-0.25, -0.2) is 0 Å². The third kappa shape index (κ3) is 1.66. The molecule has 0 unspecified atom stereocenters. The first kappa shape index (κ1) is 8.39. The van der Waals surface area contributed by atoms with Crippen LogP contribution in [0.3, 0.4) is 0 Å². The number of pyridine rings is 1. The van der Waals surface area contributed by atoms with Gasteiger partial charge in [-0.15, -0.1) is 0 Å². The highest BCUT2D eigenvalue weighted by Crippen LogP contribution is 2.09. The number of ether oxygens (including phenoxy) is 1. The fourth-order valence-electron chi connectivity index (χ4n) is 0.733. The molecule has 1 heterocycles.